The van der Waals surface area contributed by atoms with Gasteiger partial charge in [0.15, 0.2) is 5.78 Å². The van der Waals surface area contributed by atoms with Crippen LogP contribution in [0.1, 0.15) is 16.8 Å². The van der Waals surface area contributed by atoms with Gasteiger partial charge in [0, 0.05) is 12.0 Å². The summed E-state index contributed by atoms with van der Waals surface area (Å²) in [5, 5.41) is 0. The molecule has 0 N–H and O–H groups in total. The Morgan fingerprint density at radius 1 is 1.36 bits per heavy atom. The van der Waals surface area contributed by atoms with Gasteiger partial charge in [-0.1, -0.05) is 37.3 Å². The number of hydrogen-bond donors (Lipinski definition) is 0. The van der Waals surface area contributed by atoms with E-state index in [0.29, 0.717) is 6.42 Å². The molecule has 0 saturated carbocycles. The van der Waals surface area contributed by atoms with E-state index in [-0.39, 0.29) is 5.78 Å². The Morgan fingerprint density at radius 3 is 2.55 bits per heavy atom. The topological polar surface area (TPSA) is 17.1 Å². The van der Waals surface area contributed by atoms with Gasteiger partial charge in [-0.15, -0.1) is 0 Å². The standard InChI is InChI=1S/C10H10O/c1-2-6-10(11)9-7-4-3-5-8-9/h3-8H,1-2H2. The van der Waals surface area contributed by atoms with Crippen molar-refractivity contribution >= 4 is 5.78 Å². The molecule has 0 atom stereocenters. The Kier molecular flexibility index (Phi) is 2.84. The first-order valence-corrected chi connectivity index (χ1v) is 3.56. The van der Waals surface area contributed by atoms with Gasteiger partial charge in [-0.2, -0.15) is 0 Å². The van der Waals surface area contributed by atoms with Crippen LogP contribution in [0, 0.1) is 13.3 Å². The van der Waals surface area contributed by atoms with Gasteiger partial charge in [-0.3, -0.25) is 4.79 Å². The molecule has 0 aliphatic carbocycles. The fraction of sp³-hybridized carbons (Fsp3) is 0.100. The SMILES string of the molecule is [CH2]C[CH]C(=O)c1ccccc1. The number of carbonyl (C=O) groups excluding carboxylic acids is 1. The summed E-state index contributed by atoms with van der Waals surface area (Å²) < 4.78 is 0. The van der Waals surface area contributed by atoms with Gasteiger partial charge < -0.3 is 0 Å². The minimum absolute atomic E-state index is 0.0561. The van der Waals surface area contributed by atoms with Crippen molar-refractivity contribution in [2.45, 2.75) is 6.42 Å². The van der Waals surface area contributed by atoms with Crippen LogP contribution in [0.4, 0.5) is 0 Å². The quantitative estimate of drug-likeness (QED) is 0.598. The predicted molar refractivity (Wildman–Crippen MR) is 45.0 cm³/mol. The molecule has 0 fully saturated rings. The van der Waals surface area contributed by atoms with Crippen molar-refractivity contribution in [2.24, 2.45) is 0 Å². The second kappa shape index (κ2) is 3.91. The zero-order valence-corrected chi connectivity index (χ0v) is 6.29. The molecule has 0 amide bonds. The van der Waals surface area contributed by atoms with E-state index in [9.17, 15) is 4.79 Å². The lowest BCUT2D eigenvalue weighted by Crippen LogP contribution is -1.97. The number of Topliss-reactive ketones (excluding diaryl/α,β-unsaturated/α-hetero) is 1. The summed E-state index contributed by atoms with van der Waals surface area (Å²) in [6.45, 7) is 3.57. The smallest absolute Gasteiger partial charge is 0.166 e. The molecule has 0 heterocycles. The Morgan fingerprint density at radius 2 is 2.00 bits per heavy atom. The molecule has 1 heteroatoms. The highest BCUT2D eigenvalue weighted by molar-refractivity contribution is 6.02. The second-order valence-electron chi connectivity index (χ2n) is 2.22. The summed E-state index contributed by atoms with van der Waals surface area (Å²) in [5.74, 6) is 0.0561. The van der Waals surface area contributed by atoms with E-state index in [1.54, 1.807) is 18.6 Å². The van der Waals surface area contributed by atoms with Gasteiger partial charge in [0.05, 0.1) is 0 Å². The summed E-state index contributed by atoms with van der Waals surface area (Å²) in [4.78, 5) is 11.1. The molecule has 11 heavy (non-hydrogen) atoms. The highest BCUT2D eigenvalue weighted by atomic mass is 16.1. The molecule has 56 valence electrons. The van der Waals surface area contributed by atoms with Crippen LogP contribution < -0.4 is 0 Å². The van der Waals surface area contributed by atoms with Crippen molar-refractivity contribution in [1.82, 2.24) is 0 Å². The number of benzene rings is 1. The second-order valence-corrected chi connectivity index (χ2v) is 2.22. The third-order valence-electron chi connectivity index (χ3n) is 1.39. The lowest BCUT2D eigenvalue weighted by atomic mass is 10.1. The van der Waals surface area contributed by atoms with Crippen LogP contribution in [0.5, 0.6) is 0 Å². The molecule has 0 spiro atoms. The first kappa shape index (κ1) is 7.99. The summed E-state index contributed by atoms with van der Waals surface area (Å²) in [5.41, 5.74) is 0.733. The molecule has 0 bridgehead atoms. The van der Waals surface area contributed by atoms with Crippen LogP contribution in [-0.4, -0.2) is 5.78 Å². The first-order valence-electron chi connectivity index (χ1n) is 3.56. The van der Waals surface area contributed by atoms with Crippen LogP contribution >= 0.6 is 0 Å². The summed E-state index contributed by atoms with van der Waals surface area (Å²) in [6.07, 6.45) is 2.13. The number of rotatable bonds is 3. The summed E-state index contributed by atoms with van der Waals surface area (Å²) in [7, 11) is 0. The minimum Gasteiger partial charge on any atom is -0.294 e. The molecule has 2 radical (unpaired) electrons. The normalized spacial score (nSPS) is 9.55. The number of carbonyl (C=O) groups is 1. The molecule has 0 aromatic heterocycles. The molecule has 1 aromatic rings. The minimum atomic E-state index is 0.0561. The van der Waals surface area contributed by atoms with Gasteiger partial charge in [-0.05, 0) is 6.42 Å². The van der Waals surface area contributed by atoms with Crippen LogP contribution in [-0.2, 0) is 0 Å². The molecule has 0 unspecified atom stereocenters. The van der Waals surface area contributed by atoms with Gasteiger partial charge in [0.2, 0.25) is 0 Å². The van der Waals surface area contributed by atoms with E-state index in [4.69, 9.17) is 0 Å². The van der Waals surface area contributed by atoms with Crippen molar-refractivity contribution < 1.29 is 4.79 Å². The third kappa shape index (κ3) is 2.19. The van der Waals surface area contributed by atoms with Gasteiger partial charge in [0.25, 0.3) is 0 Å². The summed E-state index contributed by atoms with van der Waals surface area (Å²) in [6, 6.07) is 9.19. The Balaban J connectivity index is 2.69. The maximum Gasteiger partial charge on any atom is 0.166 e. The molecular weight excluding hydrogens is 136 g/mol. The molecule has 0 aliphatic rings. The van der Waals surface area contributed by atoms with Crippen LogP contribution in [0.25, 0.3) is 0 Å². The monoisotopic (exact) mass is 146 g/mol. The molecule has 0 saturated heterocycles. The number of hydrogen-bond acceptors (Lipinski definition) is 1. The highest BCUT2D eigenvalue weighted by Gasteiger charge is 2.01. The van der Waals surface area contributed by atoms with Gasteiger partial charge in [-0.25, -0.2) is 0 Å². The number of ketones is 1. The van der Waals surface area contributed by atoms with Crippen LogP contribution in [0.3, 0.4) is 0 Å². The van der Waals surface area contributed by atoms with E-state index in [0.717, 1.165) is 5.56 Å². The average Bonchev–Trinajstić information content (AvgIpc) is 2.07. The average molecular weight is 146 g/mol. The third-order valence-corrected chi connectivity index (χ3v) is 1.39. The predicted octanol–water partition coefficient (Wildman–Crippen LogP) is 2.30. The molecule has 0 aliphatic heterocycles. The van der Waals surface area contributed by atoms with Crippen molar-refractivity contribution in [2.75, 3.05) is 0 Å². The Labute approximate surface area is 67.1 Å². The fourth-order valence-electron chi connectivity index (χ4n) is 0.851. The van der Waals surface area contributed by atoms with Crippen molar-refractivity contribution in [3.05, 3.63) is 49.2 Å². The maximum atomic E-state index is 11.1. The zero-order valence-electron chi connectivity index (χ0n) is 6.29. The fourth-order valence-corrected chi connectivity index (χ4v) is 0.851. The lowest BCUT2D eigenvalue weighted by molar-refractivity contribution is 0.102. The Hall–Kier alpha value is -1.11. The lowest BCUT2D eigenvalue weighted by Gasteiger charge is -1.95. The van der Waals surface area contributed by atoms with E-state index in [1.165, 1.54) is 0 Å². The first-order chi connectivity index (χ1) is 5.34. The van der Waals surface area contributed by atoms with E-state index < -0.39 is 0 Å². The van der Waals surface area contributed by atoms with Crippen LogP contribution in [0.15, 0.2) is 30.3 Å². The largest absolute Gasteiger partial charge is 0.294 e. The van der Waals surface area contributed by atoms with Gasteiger partial charge >= 0.3 is 0 Å². The maximum absolute atomic E-state index is 11.1. The van der Waals surface area contributed by atoms with E-state index in [2.05, 4.69) is 6.92 Å². The van der Waals surface area contributed by atoms with E-state index >= 15 is 0 Å². The van der Waals surface area contributed by atoms with E-state index in [1.807, 2.05) is 18.2 Å². The van der Waals surface area contributed by atoms with Gasteiger partial charge in [0.1, 0.15) is 0 Å². The van der Waals surface area contributed by atoms with Crippen molar-refractivity contribution in [3.8, 4) is 0 Å². The molecule has 1 nitrogen and oxygen atoms in total. The highest BCUT2D eigenvalue weighted by Crippen LogP contribution is 2.02. The molecular formula is C10H10O. The van der Waals surface area contributed by atoms with Crippen molar-refractivity contribution in [1.29, 1.82) is 0 Å². The zero-order chi connectivity index (χ0) is 8.10. The van der Waals surface area contributed by atoms with Crippen molar-refractivity contribution in [3.63, 3.8) is 0 Å². The Bertz CT molecular complexity index is 226. The van der Waals surface area contributed by atoms with Crippen LogP contribution in [0.2, 0.25) is 0 Å². The molecule has 1 aromatic carbocycles. The molecule has 1 rings (SSSR count). The summed E-state index contributed by atoms with van der Waals surface area (Å²) >= 11 is 0.